The number of Topliss-reactive ketones (excluding diaryl/α,β-unsaturated/α-hetero) is 1. The smallest absolute Gasteiger partial charge is 0.294 e. The summed E-state index contributed by atoms with van der Waals surface area (Å²) in [5.74, 6) is 0.917. The highest BCUT2D eigenvalue weighted by atomic mass is 16.4. The summed E-state index contributed by atoms with van der Waals surface area (Å²) in [6, 6.07) is 7.85. The number of ketones is 1. The number of anilines is 1. The summed E-state index contributed by atoms with van der Waals surface area (Å²) >= 11 is 0. The summed E-state index contributed by atoms with van der Waals surface area (Å²) in [7, 11) is 0. The predicted octanol–water partition coefficient (Wildman–Crippen LogP) is 4.17. The molecule has 0 saturated heterocycles. The Hall–Kier alpha value is -2.62. The van der Waals surface area contributed by atoms with Gasteiger partial charge in [-0.15, -0.1) is 0 Å². The van der Waals surface area contributed by atoms with Crippen LogP contribution in [0.4, 0.5) is 5.69 Å². The Morgan fingerprint density at radius 3 is 2.88 bits per heavy atom. The van der Waals surface area contributed by atoms with E-state index >= 15 is 0 Å². The second kappa shape index (κ2) is 5.78. The second-order valence-corrected chi connectivity index (χ2v) is 6.34. The average Bonchev–Trinajstić information content (AvgIpc) is 2.79. The van der Waals surface area contributed by atoms with Crippen molar-refractivity contribution in [3.8, 4) is 0 Å². The molecule has 4 nitrogen and oxygen atoms in total. The van der Waals surface area contributed by atoms with Crippen molar-refractivity contribution in [2.24, 2.45) is 0 Å². The zero-order valence-corrected chi connectivity index (χ0v) is 13.7. The van der Waals surface area contributed by atoms with Crippen molar-refractivity contribution >= 4 is 23.5 Å². The number of carbonyl (C=O) groups is 2. The molecular formula is C20H19NO3. The molecule has 4 rings (SSSR count). The molecule has 2 heterocycles. The largest absolute Gasteiger partial charge is 0.455 e. The molecule has 122 valence electrons. The van der Waals surface area contributed by atoms with Crippen LogP contribution in [0, 0.1) is 6.92 Å². The van der Waals surface area contributed by atoms with Gasteiger partial charge in [0.15, 0.2) is 11.5 Å². The lowest BCUT2D eigenvalue weighted by atomic mass is 9.94. The zero-order chi connectivity index (χ0) is 16.7. The maximum atomic E-state index is 13.2. The van der Waals surface area contributed by atoms with Crippen LogP contribution in [0.2, 0.25) is 0 Å². The van der Waals surface area contributed by atoms with E-state index in [0.717, 1.165) is 30.5 Å². The predicted molar refractivity (Wildman–Crippen MR) is 92.5 cm³/mol. The maximum absolute atomic E-state index is 13.2. The molecule has 0 N–H and O–H groups in total. The first-order valence-corrected chi connectivity index (χ1v) is 8.39. The molecule has 24 heavy (non-hydrogen) atoms. The number of hydrogen-bond donors (Lipinski definition) is 0. The zero-order valence-electron chi connectivity index (χ0n) is 13.7. The first kappa shape index (κ1) is 14.9. The first-order chi connectivity index (χ1) is 11.7. The van der Waals surface area contributed by atoms with E-state index in [9.17, 15) is 9.59 Å². The number of nitrogens with zero attached hydrogens (tertiary/aromatic N) is 1. The van der Waals surface area contributed by atoms with Crippen LogP contribution < -0.4 is 4.90 Å². The van der Waals surface area contributed by atoms with Gasteiger partial charge in [0.05, 0.1) is 11.3 Å². The van der Waals surface area contributed by atoms with Gasteiger partial charge in [-0.2, -0.15) is 0 Å². The topological polar surface area (TPSA) is 50.5 Å². The number of rotatable bonds is 1. The molecule has 0 unspecified atom stereocenters. The number of para-hydroxylation sites is 1. The van der Waals surface area contributed by atoms with Crippen LogP contribution >= 0.6 is 0 Å². The number of aryl methyl sites for hydroxylation is 1. The number of fused-ring (bicyclic) bond motifs is 2. The van der Waals surface area contributed by atoms with Crippen LogP contribution in [0.5, 0.6) is 0 Å². The number of amides is 1. The van der Waals surface area contributed by atoms with E-state index in [4.69, 9.17) is 4.42 Å². The van der Waals surface area contributed by atoms with E-state index in [1.165, 1.54) is 0 Å². The lowest BCUT2D eigenvalue weighted by Crippen LogP contribution is -2.32. The number of carbonyl (C=O) groups excluding carboxylic acids is 2. The van der Waals surface area contributed by atoms with Crippen molar-refractivity contribution in [1.82, 2.24) is 0 Å². The molecule has 1 aliphatic heterocycles. The van der Waals surface area contributed by atoms with E-state index < -0.39 is 0 Å². The van der Waals surface area contributed by atoms with Gasteiger partial charge in [0, 0.05) is 24.9 Å². The Labute approximate surface area is 140 Å². The molecule has 1 aliphatic carbocycles. The van der Waals surface area contributed by atoms with Crippen molar-refractivity contribution in [1.29, 1.82) is 0 Å². The van der Waals surface area contributed by atoms with E-state index in [2.05, 4.69) is 6.08 Å². The summed E-state index contributed by atoms with van der Waals surface area (Å²) < 4.78 is 5.85. The van der Waals surface area contributed by atoms with Crippen LogP contribution in [-0.2, 0) is 6.42 Å². The van der Waals surface area contributed by atoms with E-state index in [-0.39, 0.29) is 11.7 Å². The van der Waals surface area contributed by atoms with Gasteiger partial charge in [0.1, 0.15) is 5.76 Å². The van der Waals surface area contributed by atoms with Gasteiger partial charge in [-0.3, -0.25) is 9.59 Å². The van der Waals surface area contributed by atoms with Gasteiger partial charge in [0.25, 0.3) is 5.91 Å². The Balaban J connectivity index is 1.77. The van der Waals surface area contributed by atoms with E-state index in [0.29, 0.717) is 35.6 Å². The summed E-state index contributed by atoms with van der Waals surface area (Å²) in [5.41, 5.74) is 3.23. The third-order valence-corrected chi connectivity index (χ3v) is 4.79. The monoisotopic (exact) mass is 321 g/mol. The molecule has 0 spiro atoms. The van der Waals surface area contributed by atoms with Crippen LogP contribution in [0.25, 0.3) is 6.08 Å². The molecule has 0 saturated carbocycles. The number of furan rings is 1. The molecule has 2 aromatic rings. The van der Waals surface area contributed by atoms with Crippen molar-refractivity contribution < 1.29 is 14.0 Å². The average molecular weight is 321 g/mol. The SMILES string of the molecule is Cc1c(C(=O)N2CCC=Cc3ccccc32)oc2c1C(=O)CCC2. The lowest BCUT2D eigenvalue weighted by Gasteiger charge is -2.22. The Morgan fingerprint density at radius 2 is 2.04 bits per heavy atom. The number of benzene rings is 1. The minimum Gasteiger partial charge on any atom is -0.455 e. The number of hydrogen-bond acceptors (Lipinski definition) is 3. The molecule has 0 atom stereocenters. The van der Waals surface area contributed by atoms with Crippen molar-refractivity contribution in [2.45, 2.75) is 32.6 Å². The molecule has 0 radical (unpaired) electrons. The fraction of sp³-hybridized carbons (Fsp3) is 0.300. The highest BCUT2D eigenvalue weighted by Gasteiger charge is 2.31. The van der Waals surface area contributed by atoms with Crippen molar-refractivity contribution in [3.63, 3.8) is 0 Å². The van der Waals surface area contributed by atoms with Gasteiger partial charge in [-0.25, -0.2) is 0 Å². The quantitative estimate of drug-likeness (QED) is 0.792. The second-order valence-electron chi connectivity index (χ2n) is 6.34. The normalized spacial score (nSPS) is 16.5. The van der Waals surface area contributed by atoms with E-state index in [1.807, 2.05) is 37.3 Å². The molecule has 1 aromatic heterocycles. The molecule has 1 aromatic carbocycles. The fourth-order valence-electron chi connectivity index (χ4n) is 3.59. The first-order valence-electron chi connectivity index (χ1n) is 8.39. The highest BCUT2D eigenvalue weighted by Crippen LogP contribution is 2.32. The minimum atomic E-state index is -0.161. The van der Waals surface area contributed by atoms with Crippen LogP contribution in [0.15, 0.2) is 34.8 Å². The van der Waals surface area contributed by atoms with Crippen LogP contribution in [-0.4, -0.2) is 18.2 Å². The third kappa shape index (κ3) is 2.30. The van der Waals surface area contributed by atoms with Gasteiger partial charge < -0.3 is 9.32 Å². The molecule has 2 aliphatic rings. The third-order valence-electron chi connectivity index (χ3n) is 4.79. The lowest BCUT2D eigenvalue weighted by molar-refractivity contribution is 0.0949. The summed E-state index contributed by atoms with van der Waals surface area (Å²) in [4.78, 5) is 27.1. The molecular weight excluding hydrogens is 302 g/mol. The Kier molecular flexibility index (Phi) is 3.60. The fourth-order valence-corrected chi connectivity index (χ4v) is 3.59. The van der Waals surface area contributed by atoms with E-state index in [1.54, 1.807) is 4.90 Å². The molecule has 1 amide bonds. The summed E-state index contributed by atoms with van der Waals surface area (Å²) in [5, 5.41) is 0. The van der Waals surface area contributed by atoms with Crippen LogP contribution in [0.3, 0.4) is 0 Å². The van der Waals surface area contributed by atoms with Crippen molar-refractivity contribution in [2.75, 3.05) is 11.4 Å². The maximum Gasteiger partial charge on any atom is 0.294 e. The summed E-state index contributed by atoms with van der Waals surface area (Å²) in [6.07, 6.45) is 6.98. The van der Waals surface area contributed by atoms with Gasteiger partial charge >= 0.3 is 0 Å². The Bertz CT molecular complexity index is 860. The molecule has 0 fully saturated rings. The van der Waals surface area contributed by atoms with Gasteiger partial charge in [-0.05, 0) is 31.4 Å². The van der Waals surface area contributed by atoms with Gasteiger partial charge in [0.2, 0.25) is 0 Å². The standard InChI is InChI=1S/C20H19NO3/c1-13-18-16(22)10-6-11-17(18)24-19(13)20(23)21-12-5-4-8-14-7-2-3-9-15(14)21/h2-4,7-9H,5-6,10-12H2,1H3. The molecule has 4 heteroatoms. The molecule has 0 bridgehead atoms. The van der Waals surface area contributed by atoms with Gasteiger partial charge in [-0.1, -0.05) is 30.4 Å². The Morgan fingerprint density at radius 1 is 1.21 bits per heavy atom. The summed E-state index contributed by atoms with van der Waals surface area (Å²) in [6.45, 7) is 2.42. The minimum absolute atomic E-state index is 0.0921. The highest BCUT2D eigenvalue weighted by molar-refractivity contribution is 6.09. The van der Waals surface area contributed by atoms with Crippen molar-refractivity contribution in [3.05, 3.63) is 58.6 Å². The van der Waals surface area contributed by atoms with Crippen LogP contribution in [0.1, 0.15) is 57.1 Å².